The monoisotopic (exact) mass is 584 g/mol. The Bertz CT molecular complexity index is 1110. The minimum atomic E-state index is -2.22. The summed E-state index contributed by atoms with van der Waals surface area (Å²) in [5.41, 5.74) is 9.99. The van der Waals surface area contributed by atoms with E-state index in [0.29, 0.717) is 9.54 Å². The Morgan fingerprint density at radius 1 is 0.800 bits per heavy atom. The van der Waals surface area contributed by atoms with Gasteiger partial charge in [0.25, 0.3) is 0 Å². The molecule has 1 fully saturated rings. The predicted molar refractivity (Wildman–Crippen MR) is 140 cm³/mol. The zero-order valence-electron chi connectivity index (χ0n) is 22.1. The van der Waals surface area contributed by atoms with Crippen LogP contribution < -0.4 is 24.8 Å². The Morgan fingerprint density at radius 2 is 1.34 bits per heavy atom. The number of hydrogen-bond donors (Lipinski definition) is 0. The summed E-state index contributed by atoms with van der Waals surface area (Å²) in [4.78, 5) is 0. The molecule has 3 heteroatoms. The van der Waals surface area contributed by atoms with Crippen LogP contribution in [0.2, 0.25) is 0 Å². The van der Waals surface area contributed by atoms with Gasteiger partial charge in [-0.25, -0.2) is 0 Å². The summed E-state index contributed by atoms with van der Waals surface area (Å²) in [5, 5.41) is 0. The molecule has 35 heavy (non-hydrogen) atoms. The average Bonchev–Trinajstić information content (AvgIpc) is 3.37. The van der Waals surface area contributed by atoms with E-state index in [1.807, 2.05) is 6.49 Å². The van der Waals surface area contributed by atoms with Gasteiger partial charge in [0.05, 0.1) is 0 Å². The molecule has 0 aliphatic heterocycles. The molecule has 0 N–H and O–H groups in total. The quantitative estimate of drug-likeness (QED) is 0.517. The standard InChI is InChI=1S/C13H9.C13H21.C6H10.2ClH.Zr/c1-3-7-12-10(5-1)9-11-6-2-4-8-13(11)12;1-6-10-8-11(7-2)12(9-10)13(3,4)5;1-2-4-6-5-3-1;;;/h1-9H;9-10H,6-7H2,1-5H3;1-5H2;2*1H;/q;;;;;+2/p-2. The predicted octanol–water partition coefficient (Wildman–Crippen LogP) is 3.20. The fourth-order valence-corrected chi connectivity index (χ4v) is 17.7. The molecule has 2 aromatic rings. The molecular formula is C32H40Cl2Zr. The van der Waals surface area contributed by atoms with Crippen LogP contribution >= 0.6 is 0 Å². The largest absolute Gasteiger partial charge is 1.00 e. The fraction of sp³-hybridized carbons (Fsp3) is 0.469. The van der Waals surface area contributed by atoms with E-state index in [9.17, 15) is 0 Å². The molecule has 5 rings (SSSR count). The van der Waals surface area contributed by atoms with E-state index in [-0.39, 0.29) is 30.2 Å². The Hall–Kier alpha value is -0.747. The van der Waals surface area contributed by atoms with Gasteiger partial charge in [-0.3, -0.25) is 0 Å². The number of allylic oxidation sites excluding steroid dienone is 4. The van der Waals surface area contributed by atoms with Crippen LogP contribution in [0.3, 0.4) is 0 Å². The molecule has 0 bridgehead atoms. The molecule has 0 nitrogen and oxygen atoms in total. The van der Waals surface area contributed by atoms with Crippen molar-refractivity contribution >= 4 is 3.21 Å². The first-order valence-electron chi connectivity index (χ1n) is 13.3. The summed E-state index contributed by atoms with van der Waals surface area (Å²) < 4.78 is 4.66. The summed E-state index contributed by atoms with van der Waals surface area (Å²) in [6, 6.07) is 18.8. The molecule has 2 aromatic carbocycles. The van der Waals surface area contributed by atoms with Crippen molar-refractivity contribution < 1.29 is 46.1 Å². The Morgan fingerprint density at radius 3 is 1.83 bits per heavy atom. The van der Waals surface area contributed by atoms with Gasteiger partial charge in [0.1, 0.15) is 0 Å². The van der Waals surface area contributed by atoms with E-state index in [4.69, 9.17) is 0 Å². The van der Waals surface area contributed by atoms with E-state index >= 15 is 0 Å². The van der Waals surface area contributed by atoms with Crippen molar-refractivity contribution in [2.75, 3.05) is 0 Å². The molecule has 3 aliphatic carbocycles. The number of fused-ring (bicyclic) bond motifs is 3. The summed E-state index contributed by atoms with van der Waals surface area (Å²) in [6.07, 6.45) is 12.2. The SMILES string of the molecule is CCC1=[C]([Zr+2](=[C]2CCCCC2)[CH]2c3ccccc3-c3ccccc32)C(CC)C=C1C(C)(C)C.[Cl-].[Cl-]. The van der Waals surface area contributed by atoms with Gasteiger partial charge in [0.2, 0.25) is 0 Å². The smallest absolute Gasteiger partial charge is 1.00 e. The average molecular weight is 587 g/mol. The number of rotatable bonds is 4. The summed E-state index contributed by atoms with van der Waals surface area (Å²) in [7, 11) is 0. The van der Waals surface area contributed by atoms with Crippen LogP contribution in [0, 0.1) is 11.3 Å². The summed E-state index contributed by atoms with van der Waals surface area (Å²) in [5.74, 6) is 0.665. The van der Waals surface area contributed by atoms with Crippen molar-refractivity contribution in [2.45, 2.75) is 83.2 Å². The van der Waals surface area contributed by atoms with Gasteiger partial charge >= 0.3 is 210 Å². The maximum atomic E-state index is 2.71. The van der Waals surface area contributed by atoms with Crippen molar-refractivity contribution in [2.24, 2.45) is 11.3 Å². The maximum absolute atomic E-state index is 2.71. The Balaban J connectivity index is 0.00000171. The van der Waals surface area contributed by atoms with Crippen LogP contribution in [-0.4, -0.2) is 3.21 Å². The number of halogens is 2. The molecular weight excluding hydrogens is 546 g/mol. The number of benzene rings is 2. The summed E-state index contributed by atoms with van der Waals surface area (Å²) in [6.45, 7) is 12.2. The van der Waals surface area contributed by atoms with E-state index < -0.39 is 21.3 Å². The van der Waals surface area contributed by atoms with Gasteiger partial charge in [0, 0.05) is 0 Å². The van der Waals surface area contributed by atoms with E-state index in [1.165, 1.54) is 56.1 Å². The minimum Gasteiger partial charge on any atom is -1.00 e. The first-order chi connectivity index (χ1) is 16.0. The normalized spacial score (nSPS) is 19.3. The second kappa shape index (κ2) is 11.8. The zero-order valence-corrected chi connectivity index (χ0v) is 26.0. The van der Waals surface area contributed by atoms with Crippen LogP contribution in [0.5, 0.6) is 0 Å². The molecule has 0 spiro atoms. The van der Waals surface area contributed by atoms with Crippen LogP contribution in [0.25, 0.3) is 11.1 Å². The minimum absolute atomic E-state index is 0. The van der Waals surface area contributed by atoms with Crippen LogP contribution in [-0.2, 0) is 21.3 Å². The molecule has 0 radical (unpaired) electrons. The van der Waals surface area contributed by atoms with Gasteiger partial charge in [-0.05, 0) is 0 Å². The van der Waals surface area contributed by atoms with Gasteiger partial charge in [-0.15, -0.1) is 0 Å². The van der Waals surface area contributed by atoms with Crippen molar-refractivity contribution in [1.29, 1.82) is 0 Å². The van der Waals surface area contributed by atoms with E-state index in [0.717, 1.165) is 0 Å². The number of hydrogen-bond acceptors (Lipinski definition) is 0. The topological polar surface area (TPSA) is 0 Å². The first-order valence-corrected chi connectivity index (χ1v) is 17.2. The van der Waals surface area contributed by atoms with Crippen molar-refractivity contribution in [1.82, 2.24) is 0 Å². The second-order valence-electron chi connectivity index (χ2n) is 11.3. The van der Waals surface area contributed by atoms with Crippen molar-refractivity contribution in [3.8, 4) is 11.1 Å². The zero-order chi connectivity index (χ0) is 23.2. The van der Waals surface area contributed by atoms with Crippen LogP contribution in [0.15, 0.2) is 69.0 Å². The third-order valence-corrected chi connectivity index (χ3v) is 17.4. The van der Waals surface area contributed by atoms with Gasteiger partial charge in [-0.1, -0.05) is 0 Å². The molecule has 0 amide bonds. The molecule has 0 saturated heterocycles. The second-order valence-corrected chi connectivity index (χ2v) is 17.8. The van der Waals surface area contributed by atoms with Gasteiger partial charge < -0.3 is 24.8 Å². The van der Waals surface area contributed by atoms with Crippen molar-refractivity contribution in [3.63, 3.8) is 0 Å². The van der Waals surface area contributed by atoms with Crippen LogP contribution in [0.4, 0.5) is 0 Å². The van der Waals surface area contributed by atoms with E-state index in [2.05, 4.69) is 89.2 Å². The van der Waals surface area contributed by atoms with Gasteiger partial charge in [0.15, 0.2) is 0 Å². The molecule has 3 aliphatic rings. The summed E-state index contributed by atoms with van der Waals surface area (Å²) >= 11 is -2.22. The molecule has 1 saturated carbocycles. The first kappa shape index (κ1) is 28.8. The molecule has 186 valence electrons. The fourth-order valence-electron chi connectivity index (χ4n) is 6.79. The Labute approximate surface area is 233 Å². The Kier molecular flexibility index (Phi) is 9.68. The third-order valence-electron chi connectivity index (χ3n) is 8.24. The van der Waals surface area contributed by atoms with E-state index in [1.54, 1.807) is 22.3 Å². The van der Waals surface area contributed by atoms with Gasteiger partial charge in [-0.2, -0.15) is 0 Å². The third kappa shape index (κ3) is 5.17. The molecule has 1 unspecified atom stereocenters. The molecule has 0 heterocycles. The molecule has 0 aromatic heterocycles. The molecule has 1 atom stereocenters. The van der Waals surface area contributed by atoms with Crippen LogP contribution in [0.1, 0.15) is 94.3 Å². The maximum Gasteiger partial charge on any atom is -1.00 e. The van der Waals surface area contributed by atoms with Crippen molar-refractivity contribution in [3.05, 3.63) is 80.2 Å².